The van der Waals surface area contributed by atoms with Gasteiger partial charge in [0.05, 0.1) is 5.92 Å². The second-order valence-corrected chi connectivity index (χ2v) is 7.23. The number of rotatable bonds is 4. The van der Waals surface area contributed by atoms with Crippen molar-refractivity contribution in [2.45, 2.75) is 83.7 Å². The first-order valence-corrected chi connectivity index (χ1v) is 8.65. The van der Waals surface area contributed by atoms with Crippen molar-refractivity contribution in [2.75, 3.05) is 6.54 Å². The average Bonchev–Trinajstić information content (AvgIpc) is 2.84. The van der Waals surface area contributed by atoms with Crippen molar-refractivity contribution in [3.8, 4) is 0 Å². The zero-order valence-corrected chi connectivity index (χ0v) is 13.3. The zero-order valence-electron chi connectivity index (χ0n) is 13.3. The minimum atomic E-state index is 0.0804. The molecule has 2 aliphatic rings. The molecule has 0 bridgehead atoms. The Labute approximate surface area is 124 Å². The van der Waals surface area contributed by atoms with E-state index >= 15 is 0 Å². The summed E-state index contributed by atoms with van der Waals surface area (Å²) in [5.41, 5.74) is 6.30. The van der Waals surface area contributed by atoms with E-state index in [2.05, 4.69) is 18.7 Å². The topological polar surface area (TPSA) is 46.3 Å². The largest absolute Gasteiger partial charge is 0.339 e. The van der Waals surface area contributed by atoms with E-state index in [0.717, 1.165) is 19.4 Å². The lowest BCUT2D eigenvalue weighted by molar-refractivity contribution is -0.139. The van der Waals surface area contributed by atoms with Gasteiger partial charge in [-0.3, -0.25) is 4.79 Å². The Morgan fingerprint density at radius 1 is 1.05 bits per heavy atom. The van der Waals surface area contributed by atoms with Crippen molar-refractivity contribution < 1.29 is 4.79 Å². The van der Waals surface area contributed by atoms with E-state index in [1.807, 2.05) is 0 Å². The van der Waals surface area contributed by atoms with Crippen molar-refractivity contribution in [3.63, 3.8) is 0 Å². The van der Waals surface area contributed by atoms with Gasteiger partial charge >= 0.3 is 0 Å². The lowest BCUT2D eigenvalue weighted by atomic mass is 9.92. The third-order valence-corrected chi connectivity index (χ3v) is 5.00. The predicted molar refractivity (Wildman–Crippen MR) is 83.4 cm³/mol. The Hall–Kier alpha value is -0.570. The van der Waals surface area contributed by atoms with Crippen molar-refractivity contribution in [3.05, 3.63) is 0 Å². The van der Waals surface area contributed by atoms with Crippen LogP contribution in [0.25, 0.3) is 0 Å². The molecule has 2 N–H and O–H groups in total. The highest BCUT2D eigenvalue weighted by atomic mass is 16.2. The molecule has 0 aromatic rings. The van der Waals surface area contributed by atoms with Crippen LogP contribution in [0.1, 0.15) is 71.6 Å². The van der Waals surface area contributed by atoms with Crippen LogP contribution in [0.2, 0.25) is 0 Å². The van der Waals surface area contributed by atoms with E-state index in [0.29, 0.717) is 17.9 Å². The molecule has 116 valence electrons. The molecule has 3 nitrogen and oxygen atoms in total. The Morgan fingerprint density at radius 2 is 1.65 bits per heavy atom. The summed E-state index contributed by atoms with van der Waals surface area (Å²) in [6.07, 6.45) is 10.6. The molecule has 0 heterocycles. The van der Waals surface area contributed by atoms with Gasteiger partial charge in [-0.25, -0.2) is 0 Å². The number of hydrogen-bond acceptors (Lipinski definition) is 2. The molecule has 2 aliphatic carbocycles. The number of nitrogens with zero attached hydrogens (tertiary/aromatic N) is 1. The normalized spacial score (nSPS) is 28.6. The molecule has 0 saturated heterocycles. The van der Waals surface area contributed by atoms with E-state index in [4.69, 9.17) is 5.73 Å². The minimum absolute atomic E-state index is 0.0804. The van der Waals surface area contributed by atoms with Crippen LogP contribution in [0, 0.1) is 11.8 Å². The van der Waals surface area contributed by atoms with Gasteiger partial charge in [-0.05, 0) is 31.6 Å². The van der Waals surface area contributed by atoms with Crippen LogP contribution in [0.4, 0.5) is 0 Å². The predicted octanol–water partition coefficient (Wildman–Crippen LogP) is 3.32. The first kappa shape index (κ1) is 15.8. The monoisotopic (exact) mass is 280 g/mol. The first-order valence-electron chi connectivity index (χ1n) is 8.65. The third-order valence-electron chi connectivity index (χ3n) is 5.00. The van der Waals surface area contributed by atoms with Gasteiger partial charge in [0.2, 0.25) is 5.91 Å². The highest BCUT2D eigenvalue weighted by Gasteiger charge is 2.34. The Kier molecular flexibility index (Phi) is 5.88. The van der Waals surface area contributed by atoms with Gasteiger partial charge in [0, 0.05) is 18.6 Å². The quantitative estimate of drug-likeness (QED) is 0.803. The summed E-state index contributed by atoms with van der Waals surface area (Å²) in [4.78, 5) is 15.2. The molecule has 2 saturated carbocycles. The Balaban J connectivity index is 2.07. The molecule has 0 aliphatic heterocycles. The van der Waals surface area contributed by atoms with Gasteiger partial charge in [0.25, 0.3) is 0 Å². The van der Waals surface area contributed by atoms with Crippen LogP contribution in [-0.4, -0.2) is 29.4 Å². The van der Waals surface area contributed by atoms with Crippen LogP contribution in [0.3, 0.4) is 0 Å². The number of carbonyl (C=O) groups is 1. The van der Waals surface area contributed by atoms with Crippen LogP contribution in [-0.2, 0) is 4.79 Å². The SMILES string of the molecule is CC(C)CN(C(=O)C1CCCCCC1N)C1CCCC1. The van der Waals surface area contributed by atoms with Gasteiger partial charge in [0.1, 0.15) is 0 Å². The van der Waals surface area contributed by atoms with Crippen LogP contribution < -0.4 is 5.73 Å². The molecule has 2 atom stereocenters. The van der Waals surface area contributed by atoms with Crippen LogP contribution >= 0.6 is 0 Å². The highest BCUT2D eigenvalue weighted by Crippen LogP contribution is 2.29. The molecular weight excluding hydrogens is 248 g/mol. The lowest BCUT2D eigenvalue weighted by Gasteiger charge is -2.35. The number of amides is 1. The van der Waals surface area contributed by atoms with Crippen molar-refractivity contribution in [2.24, 2.45) is 17.6 Å². The standard InChI is InChI=1S/C17H32N2O/c1-13(2)12-19(14-8-6-7-9-14)17(20)15-10-4-3-5-11-16(15)18/h13-16H,3-12,18H2,1-2H3. The maximum atomic E-state index is 13.0. The summed E-state index contributed by atoms with van der Waals surface area (Å²) < 4.78 is 0. The second kappa shape index (κ2) is 7.44. The molecule has 0 radical (unpaired) electrons. The molecule has 2 rings (SSSR count). The maximum Gasteiger partial charge on any atom is 0.227 e. The Bertz CT molecular complexity index is 310. The summed E-state index contributed by atoms with van der Waals surface area (Å²) in [6, 6.07) is 0.571. The molecule has 0 spiro atoms. The fourth-order valence-electron chi connectivity index (χ4n) is 3.88. The summed E-state index contributed by atoms with van der Waals surface area (Å²) in [5.74, 6) is 0.985. The molecule has 20 heavy (non-hydrogen) atoms. The fraction of sp³-hybridized carbons (Fsp3) is 0.941. The van der Waals surface area contributed by atoms with Gasteiger partial charge in [-0.1, -0.05) is 46.0 Å². The molecule has 2 fully saturated rings. The minimum Gasteiger partial charge on any atom is -0.339 e. The van der Waals surface area contributed by atoms with E-state index in [9.17, 15) is 4.79 Å². The van der Waals surface area contributed by atoms with E-state index in [1.165, 1.54) is 44.9 Å². The van der Waals surface area contributed by atoms with E-state index in [-0.39, 0.29) is 12.0 Å². The van der Waals surface area contributed by atoms with Crippen LogP contribution in [0.15, 0.2) is 0 Å². The number of hydrogen-bond donors (Lipinski definition) is 1. The second-order valence-electron chi connectivity index (χ2n) is 7.23. The van der Waals surface area contributed by atoms with Crippen molar-refractivity contribution in [1.82, 2.24) is 4.90 Å². The maximum absolute atomic E-state index is 13.0. The van der Waals surface area contributed by atoms with Crippen molar-refractivity contribution >= 4 is 5.91 Å². The van der Waals surface area contributed by atoms with E-state index < -0.39 is 0 Å². The van der Waals surface area contributed by atoms with Gasteiger partial charge in [-0.15, -0.1) is 0 Å². The Morgan fingerprint density at radius 3 is 2.30 bits per heavy atom. The first-order chi connectivity index (χ1) is 9.59. The number of nitrogens with two attached hydrogens (primary N) is 1. The molecule has 1 amide bonds. The van der Waals surface area contributed by atoms with Gasteiger partial charge in [0.15, 0.2) is 0 Å². The lowest BCUT2D eigenvalue weighted by Crippen LogP contribution is -2.48. The fourth-order valence-corrected chi connectivity index (χ4v) is 3.88. The van der Waals surface area contributed by atoms with Crippen LogP contribution in [0.5, 0.6) is 0 Å². The highest BCUT2D eigenvalue weighted by molar-refractivity contribution is 5.80. The molecule has 2 unspecified atom stereocenters. The summed E-state index contributed by atoms with van der Waals surface area (Å²) in [7, 11) is 0. The van der Waals surface area contributed by atoms with Gasteiger partial charge < -0.3 is 10.6 Å². The molecule has 0 aromatic heterocycles. The number of carbonyl (C=O) groups excluding carboxylic acids is 1. The van der Waals surface area contributed by atoms with E-state index in [1.54, 1.807) is 0 Å². The third kappa shape index (κ3) is 3.97. The average molecular weight is 280 g/mol. The van der Waals surface area contributed by atoms with Crippen molar-refractivity contribution in [1.29, 1.82) is 0 Å². The van der Waals surface area contributed by atoms with Gasteiger partial charge in [-0.2, -0.15) is 0 Å². The zero-order chi connectivity index (χ0) is 14.5. The summed E-state index contributed by atoms with van der Waals surface area (Å²) in [5, 5.41) is 0. The molecule has 3 heteroatoms. The smallest absolute Gasteiger partial charge is 0.227 e. The molecular formula is C17H32N2O. The molecule has 0 aromatic carbocycles. The summed E-state index contributed by atoms with van der Waals surface area (Å²) >= 11 is 0. The summed E-state index contributed by atoms with van der Waals surface area (Å²) in [6.45, 7) is 5.33.